The van der Waals surface area contributed by atoms with Gasteiger partial charge >= 0.3 is 6.18 Å². The number of hydrogen-bond acceptors (Lipinski definition) is 3. The lowest BCUT2D eigenvalue weighted by Gasteiger charge is -2.57. The summed E-state index contributed by atoms with van der Waals surface area (Å²) >= 11 is 0. The van der Waals surface area contributed by atoms with E-state index in [0.717, 1.165) is 25.9 Å². The number of rotatable bonds is 3. The molecular formula is C16H22F3N3O. The van der Waals surface area contributed by atoms with Gasteiger partial charge in [0.2, 0.25) is 0 Å². The van der Waals surface area contributed by atoms with Crippen LogP contribution in [0.25, 0.3) is 0 Å². The maximum Gasteiger partial charge on any atom is 0.435 e. The van der Waals surface area contributed by atoms with Crippen LogP contribution in [0.5, 0.6) is 0 Å². The molecule has 4 rings (SSSR count). The Bertz CT molecular complexity index is 592. The second-order valence-electron chi connectivity index (χ2n) is 7.22. The van der Waals surface area contributed by atoms with Crippen LogP contribution in [-0.2, 0) is 24.5 Å². The fourth-order valence-corrected chi connectivity index (χ4v) is 5.13. The first kappa shape index (κ1) is 15.4. The molecule has 3 atom stereocenters. The number of ether oxygens (including phenoxy) is 1. The quantitative estimate of drug-likeness (QED) is 0.927. The number of nitrogens with one attached hydrogen (secondary N) is 1. The molecule has 128 valence electrons. The molecule has 1 saturated heterocycles. The van der Waals surface area contributed by atoms with Gasteiger partial charge in [0, 0.05) is 49.3 Å². The van der Waals surface area contributed by atoms with Gasteiger partial charge in [-0.3, -0.25) is 4.68 Å². The Morgan fingerprint density at radius 3 is 2.83 bits per heavy atom. The Labute approximate surface area is 133 Å². The molecule has 2 aliphatic carbocycles. The lowest BCUT2D eigenvalue weighted by molar-refractivity contribution is -0.143. The molecule has 3 fully saturated rings. The zero-order chi connectivity index (χ0) is 16.2. The number of hydrogen-bond donors (Lipinski definition) is 1. The maximum absolute atomic E-state index is 13.1. The van der Waals surface area contributed by atoms with Crippen LogP contribution >= 0.6 is 0 Å². The molecule has 0 bridgehead atoms. The summed E-state index contributed by atoms with van der Waals surface area (Å²) < 4.78 is 46.4. The van der Waals surface area contributed by atoms with Gasteiger partial charge in [-0.2, -0.15) is 18.3 Å². The highest BCUT2D eigenvalue weighted by atomic mass is 19.4. The van der Waals surface area contributed by atoms with Crippen LogP contribution in [0.3, 0.4) is 0 Å². The van der Waals surface area contributed by atoms with Gasteiger partial charge in [0.05, 0.1) is 6.10 Å². The Hall–Kier alpha value is -1.08. The molecule has 2 saturated carbocycles. The fraction of sp³-hybridized carbons (Fsp3) is 0.812. The third-order valence-electron chi connectivity index (χ3n) is 5.97. The van der Waals surface area contributed by atoms with Crippen molar-refractivity contribution in [1.29, 1.82) is 0 Å². The summed E-state index contributed by atoms with van der Waals surface area (Å²) in [4.78, 5) is 0. The van der Waals surface area contributed by atoms with Crippen LogP contribution in [0.4, 0.5) is 13.2 Å². The van der Waals surface area contributed by atoms with E-state index in [9.17, 15) is 13.2 Å². The zero-order valence-corrected chi connectivity index (χ0v) is 13.2. The summed E-state index contributed by atoms with van der Waals surface area (Å²) in [7, 11) is 1.53. The molecule has 0 aromatic carbocycles. The van der Waals surface area contributed by atoms with E-state index in [4.69, 9.17) is 4.74 Å². The van der Waals surface area contributed by atoms with Crippen LogP contribution in [0.1, 0.15) is 43.4 Å². The first-order chi connectivity index (χ1) is 10.9. The third kappa shape index (κ3) is 2.31. The van der Waals surface area contributed by atoms with Crippen molar-refractivity contribution >= 4 is 0 Å². The van der Waals surface area contributed by atoms with Crippen molar-refractivity contribution in [3.05, 3.63) is 17.5 Å². The molecule has 1 N–H and O–H groups in total. The molecule has 3 aliphatic rings. The highest BCUT2D eigenvalue weighted by Crippen LogP contribution is 2.60. The van der Waals surface area contributed by atoms with Crippen LogP contribution < -0.4 is 5.32 Å². The van der Waals surface area contributed by atoms with Crippen molar-refractivity contribution < 1.29 is 17.9 Å². The monoisotopic (exact) mass is 329 g/mol. The van der Waals surface area contributed by atoms with Gasteiger partial charge < -0.3 is 10.1 Å². The van der Waals surface area contributed by atoms with E-state index in [2.05, 4.69) is 10.4 Å². The van der Waals surface area contributed by atoms with Crippen LogP contribution in [-0.4, -0.2) is 28.5 Å². The molecule has 0 unspecified atom stereocenters. The van der Waals surface area contributed by atoms with Crippen molar-refractivity contribution in [2.75, 3.05) is 6.61 Å². The summed E-state index contributed by atoms with van der Waals surface area (Å²) in [5, 5.41) is 7.02. The molecule has 1 aromatic heterocycles. The van der Waals surface area contributed by atoms with Crippen molar-refractivity contribution in [1.82, 2.24) is 15.1 Å². The minimum atomic E-state index is -4.40. The normalized spacial score (nSPS) is 32.3. The number of alkyl halides is 3. The second kappa shape index (κ2) is 5.21. The van der Waals surface area contributed by atoms with E-state index in [1.54, 1.807) is 0 Å². The minimum Gasteiger partial charge on any atom is -0.377 e. The molecule has 7 heteroatoms. The Balaban J connectivity index is 1.51. The fourth-order valence-electron chi connectivity index (χ4n) is 5.13. The lowest BCUT2D eigenvalue weighted by Crippen LogP contribution is -2.67. The van der Waals surface area contributed by atoms with E-state index in [1.807, 2.05) is 0 Å². The number of halogens is 3. The zero-order valence-electron chi connectivity index (χ0n) is 13.2. The summed E-state index contributed by atoms with van der Waals surface area (Å²) in [6.07, 6.45) is 3.06. The third-order valence-corrected chi connectivity index (χ3v) is 5.97. The molecule has 23 heavy (non-hydrogen) atoms. The van der Waals surface area contributed by atoms with Crippen LogP contribution in [0, 0.1) is 11.3 Å². The number of aryl methyl sites for hydroxylation is 1. The van der Waals surface area contributed by atoms with Crippen molar-refractivity contribution in [2.45, 2.75) is 57.0 Å². The SMILES string of the molecule is Cn1cc(CN[C@@H]2[C@@H]3CCO[C@H]3C23CCCC3)c(C(F)(F)F)n1. The Morgan fingerprint density at radius 1 is 1.39 bits per heavy atom. The molecule has 1 spiro atoms. The average molecular weight is 329 g/mol. The molecule has 0 radical (unpaired) electrons. The largest absolute Gasteiger partial charge is 0.435 e. The maximum atomic E-state index is 13.1. The highest BCUT2D eigenvalue weighted by molar-refractivity contribution is 5.22. The van der Waals surface area contributed by atoms with Gasteiger partial charge in [-0.05, 0) is 19.3 Å². The highest BCUT2D eigenvalue weighted by Gasteiger charge is 2.64. The first-order valence-corrected chi connectivity index (χ1v) is 8.36. The van der Waals surface area contributed by atoms with Gasteiger partial charge in [0.25, 0.3) is 0 Å². The predicted octanol–water partition coefficient (Wildman–Crippen LogP) is 2.88. The van der Waals surface area contributed by atoms with Crippen molar-refractivity contribution in [3.8, 4) is 0 Å². The Kier molecular flexibility index (Phi) is 3.50. The van der Waals surface area contributed by atoms with Crippen LogP contribution in [0.15, 0.2) is 6.20 Å². The number of nitrogens with zero attached hydrogens (tertiary/aromatic N) is 2. The summed E-state index contributed by atoms with van der Waals surface area (Å²) in [5.74, 6) is 0.458. The summed E-state index contributed by atoms with van der Waals surface area (Å²) in [6, 6.07) is 0.277. The van der Waals surface area contributed by atoms with Gasteiger partial charge in [0.1, 0.15) is 0 Å². The van der Waals surface area contributed by atoms with Gasteiger partial charge in [0.15, 0.2) is 5.69 Å². The second-order valence-corrected chi connectivity index (χ2v) is 7.22. The van der Waals surface area contributed by atoms with Gasteiger partial charge in [-0.15, -0.1) is 0 Å². The number of fused-ring (bicyclic) bond motifs is 2. The van der Waals surface area contributed by atoms with E-state index in [1.165, 1.54) is 30.8 Å². The lowest BCUT2D eigenvalue weighted by atomic mass is 9.54. The standard InChI is InChI=1S/C16H22F3N3O/c1-22-9-10(12(21-22)16(17,18)19)8-20-13-11-4-7-23-14(11)15(13)5-2-3-6-15/h9,11,13-14,20H,2-8H2,1H3/t11-,13+,14+/m0/s1. The summed E-state index contributed by atoms with van der Waals surface area (Å²) in [5.41, 5.74) is -0.385. The number of aromatic nitrogens is 2. The molecule has 0 amide bonds. The van der Waals surface area contributed by atoms with Crippen molar-refractivity contribution in [2.24, 2.45) is 18.4 Å². The molecule has 4 nitrogen and oxygen atoms in total. The Morgan fingerprint density at radius 2 is 2.13 bits per heavy atom. The predicted molar refractivity (Wildman–Crippen MR) is 77.6 cm³/mol. The van der Waals surface area contributed by atoms with Gasteiger partial charge in [-0.1, -0.05) is 12.8 Å². The topological polar surface area (TPSA) is 39.1 Å². The first-order valence-electron chi connectivity index (χ1n) is 8.36. The smallest absolute Gasteiger partial charge is 0.377 e. The van der Waals surface area contributed by atoms with Crippen molar-refractivity contribution in [3.63, 3.8) is 0 Å². The van der Waals surface area contributed by atoms with E-state index in [-0.39, 0.29) is 23.6 Å². The molecule has 1 aliphatic heterocycles. The minimum absolute atomic E-state index is 0.155. The molecule has 1 aromatic rings. The van der Waals surface area contributed by atoms with Gasteiger partial charge in [-0.25, -0.2) is 0 Å². The average Bonchev–Trinajstić information content (AvgIpc) is 3.15. The summed E-state index contributed by atoms with van der Waals surface area (Å²) in [6.45, 7) is 1.01. The van der Waals surface area contributed by atoms with E-state index in [0.29, 0.717) is 12.0 Å². The van der Waals surface area contributed by atoms with E-state index < -0.39 is 11.9 Å². The van der Waals surface area contributed by atoms with E-state index >= 15 is 0 Å². The van der Waals surface area contributed by atoms with Crippen LogP contribution in [0.2, 0.25) is 0 Å². The molecular weight excluding hydrogens is 307 g/mol. The molecule has 2 heterocycles.